The molecular weight excluding hydrogens is 274 g/mol. The Kier molecular flexibility index (Phi) is 4.51. The fraction of sp³-hybridized carbons (Fsp3) is 0.526. The molecule has 0 radical (unpaired) electrons. The van der Waals surface area contributed by atoms with Gasteiger partial charge in [-0.05, 0) is 48.6 Å². The number of aromatic amines is 1. The van der Waals surface area contributed by atoms with Crippen LogP contribution >= 0.6 is 0 Å². The summed E-state index contributed by atoms with van der Waals surface area (Å²) in [6.45, 7) is 2.15. The topological polar surface area (TPSA) is 55.9 Å². The number of rotatable bonds is 5. The first-order valence-electron chi connectivity index (χ1n) is 8.49. The zero-order valence-corrected chi connectivity index (χ0v) is 13.2. The molecule has 1 aromatic heterocycles. The molecule has 0 unspecified atom stereocenters. The number of aryl methyl sites for hydroxylation is 1. The third kappa shape index (κ3) is 2.90. The maximum absolute atomic E-state index is 11.3. The highest BCUT2D eigenvalue weighted by molar-refractivity contribution is 5.87. The zero-order chi connectivity index (χ0) is 15.5. The van der Waals surface area contributed by atoms with Crippen LogP contribution in [0.25, 0.3) is 10.9 Å². The molecule has 0 saturated heterocycles. The van der Waals surface area contributed by atoms with Crippen LogP contribution in [0.5, 0.6) is 0 Å². The number of aliphatic carboxylic acids is 1. The zero-order valence-electron chi connectivity index (χ0n) is 13.2. The second-order valence-electron chi connectivity index (χ2n) is 6.52. The van der Waals surface area contributed by atoms with Gasteiger partial charge < -0.3 is 14.9 Å². The Hall–Kier alpha value is -1.77. The summed E-state index contributed by atoms with van der Waals surface area (Å²) < 4.78 is 0. The summed E-state index contributed by atoms with van der Waals surface area (Å²) in [5, 5.41) is 12.5. The number of aromatic nitrogens is 1. The summed E-state index contributed by atoms with van der Waals surface area (Å²) in [4.78, 5) is 14.7. The predicted molar refractivity (Wildman–Crippen MR) is 86.6 cm³/mol. The molecular formula is C19H24NO2-. The lowest BCUT2D eigenvalue weighted by atomic mass is 9.75. The number of carboxylic acids is 1. The van der Waals surface area contributed by atoms with Crippen LogP contribution in [0.3, 0.4) is 0 Å². The van der Waals surface area contributed by atoms with E-state index < -0.39 is 5.97 Å². The summed E-state index contributed by atoms with van der Waals surface area (Å²) in [6.07, 6.45) is 9.14. The van der Waals surface area contributed by atoms with Crippen molar-refractivity contribution in [1.29, 1.82) is 0 Å². The van der Waals surface area contributed by atoms with Gasteiger partial charge in [0.2, 0.25) is 0 Å². The van der Waals surface area contributed by atoms with E-state index in [2.05, 4.69) is 30.1 Å². The third-order valence-electron chi connectivity index (χ3n) is 5.22. The lowest BCUT2D eigenvalue weighted by molar-refractivity contribution is -0.306. The molecule has 0 bridgehead atoms. The van der Waals surface area contributed by atoms with Gasteiger partial charge >= 0.3 is 0 Å². The van der Waals surface area contributed by atoms with Crippen molar-refractivity contribution in [1.82, 2.24) is 4.98 Å². The number of nitrogens with one attached hydrogen (secondary N) is 1. The molecule has 0 spiro atoms. The number of fused-ring (bicyclic) bond motifs is 1. The van der Waals surface area contributed by atoms with E-state index in [1.165, 1.54) is 41.3 Å². The smallest absolute Gasteiger partial charge is 0.0489 e. The molecule has 1 fully saturated rings. The SMILES string of the molecule is CCc1cccc2c([C@H](CC(=O)[O-])C3CCCCC3)c[nH]c12. The first-order valence-corrected chi connectivity index (χ1v) is 8.49. The molecule has 1 aliphatic carbocycles. The van der Waals surface area contributed by atoms with Crippen molar-refractivity contribution in [3.8, 4) is 0 Å². The summed E-state index contributed by atoms with van der Waals surface area (Å²) in [6, 6.07) is 6.33. The first kappa shape index (κ1) is 15.1. The Morgan fingerprint density at radius 2 is 2.09 bits per heavy atom. The van der Waals surface area contributed by atoms with Crippen LogP contribution in [0, 0.1) is 5.92 Å². The van der Waals surface area contributed by atoms with Crippen molar-refractivity contribution < 1.29 is 9.90 Å². The quantitative estimate of drug-likeness (QED) is 0.918. The van der Waals surface area contributed by atoms with Crippen LogP contribution in [0.1, 0.15) is 62.5 Å². The van der Waals surface area contributed by atoms with Crippen LogP contribution in [-0.2, 0) is 11.2 Å². The molecule has 1 heterocycles. The largest absolute Gasteiger partial charge is 0.550 e. The Morgan fingerprint density at radius 3 is 2.77 bits per heavy atom. The fourth-order valence-electron chi connectivity index (χ4n) is 4.09. The standard InChI is InChI=1S/C19H25NO2/c1-2-13-9-6-10-15-17(12-20-19(13)15)16(11-18(21)22)14-7-4-3-5-8-14/h6,9-10,12,14,16,20H,2-5,7-8,11H2,1H3,(H,21,22)/p-1/t16-/m1/s1. The van der Waals surface area contributed by atoms with Crippen LogP contribution in [0.15, 0.2) is 24.4 Å². The minimum Gasteiger partial charge on any atom is -0.550 e. The minimum atomic E-state index is -0.934. The number of benzene rings is 1. The van der Waals surface area contributed by atoms with E-state index in [1.807, 2.05) is 6.20 Å². The van der Waals surface area contributed by atoms with Crippen molar-refractivity contribution in [3.63, 3.8) is 0 Å². The first-order chi connectivity index (χ1) is 10.7. The van der Waals surface area contributed by atoms with Gasteiger partial charge in [0.1, 0.15) is 0 Å². The van der Waals surface area contributed by atoms with Crippen molar-refractivity contribution in [3.05, 3.63) is 35.5 Å². The highest BCUT2D eigenvalue weighted by atomic mass is 16.4. The van der Waals surface area contributed by atoms with Crippen molar-refractivity contribution in [2.24, 2.45) is 5.92 Å². The normalized spacial score (nSPS) is 17.7. The predicted octanol–water partition coefficient (Wildman–Crippen LogP) is 3.53. The maximum atomic E-state index is 11.3. The van der Waals surface area contributed by atoms with E-state index in [0.717, 1.165) is 19.3 Å². The molecule has 1 N–H and O–H groups in total. The molecule has 0 aliphatic heterocycles. The number of hydrogen-bond acceptors (Lipinski definition) is 2. The van der Waals surface area contributed by atoms with Crippen molar-refractivity contribution in [2.75, 3.05) is 0 Å². The van der Waals surface area contributed by atoms with Gasteiger partial charge in [-0.1, -0.05) is 44.4 Å². The number of carboxylic acid groups (broad SMARTS) is 1. The van der Waals surface area contributed by atoms with E-state index in [0.29, 0.717) is 5.92 Å². The minimum absolute atomic E-state index is 0.0751. The lowest BCUT2D eigenvalue weighted by Gasteiger charge is -2.30. The second kappa shape index (κ2) is 6.55. The molecule has 3 rings (SSSR count). The molecule has 1 atom stereocenters. The molecule has 0 amide bonds. The molecule has 118 valence electrons. The number of para-hydroxylation sites is 1. The molecule has 2 aromatic rings. The third-order valence-corrected chi connectivity index (χ3v) is 5.22. The second-order valence-corrected chi connectivity index (χ2v) is 6.52. The van der Waals surface area contributed by atoms with Gasteiger partial charge in [0.15, 0.2) is 0 Å². The molecule has 1 aliphatic rings. The monoisotopic (exact) mass is 298 g/mol. The van der Waals surface area contributed by atoms with Crippen molar-refractivity contribution >= 4 is 16.9 Å². The molecule has 1 aromatic carbocycles. The van der Waals surface area contributed by atoms with Crippen LogP contribution in [0.4, 0.5) is 0 Å². The van der Waals surface area contributed by atoms with E-state index in [4.69, 9.17) is 0 Å². The van der Waals surface area contributed by atoms with E-state index in [1.54, 1.807) is 0 Å². The highest BCUT2D eigenvalue weighted by Gasteiger charge is 2.27. The summed E-state index contributed by atoms with van der Waals surface area (Å²) in [5.41, 5.74) is 3.63. The van der Waals surface area contributed by atoms with Gasteiger partial charge in [-0.2, -0.15) is 0 Å². The summed E-state index contributed by atoms with van der Waals surface area (Å²) in [7, 11) is 0. The number of hydrogen-bond donors (Lipinski definition) is 1. The van der Waals surface area contributed by atoms with Gasteiger partial charge in [-0.3, -0.25) is 0 Å². The average Bonchev–Trinajstić information content (AvgIpc) is 2.97. The number of H-pyrrole nitrogens is 1. The Labute approximate surface area is 131 Å². The fourth-order valence-corrected chi connectivity index (χ4v) is 4.09. The average molecular weight is 298 g/mol. The van der Waals surface area contributed by atoms with Gasteiger partial charge in [0, 0.05) is 23.1 Å². The molecule has 3 heteroatoms. The van der Waals surface area contributed by atoms with Crippen LogP contribution in [-0.4, -0.2) is 11.0 Å². The number of carbonyl (C=O) groups excluding carboxylic acids is 1. The Balaban J connectivity index is 2.01. The Morgan fingerprint density at radius 1 is 1.32 bits per heavy atom. The van der Waals surface area contributed by atoms with E-state index in [9.17, 15) is 9.90 Å². The van der Waals surface area contributed by atoms with Crippen molar-refractivity contribution in [2.45, 2.75) is 57.8 Å². The van der Waals surface area contributed by atoms with Gasteiger partial charge in [0.05, 0.1) is 0 Å². The van der Waals surface area contributed by atoms with Gasteiger partial charge in [-0.25, -0.2) is 0 Å². The summed E-state index contributed by atoms with van der Waals surface area (Å²) in [5.74, 6) is -0.390. The van der Waals surface area contributed by atoms with Crippen LogP contribution in [0.2, 0.25) is 0 Å². The lowest BCUT2D eigenvalue weighted by Crippen LogP contribution is -2.28. The van der Waals surface area contributed by atoms with Gasteiger partial charge in [-0.15, -0.1) is 0 Å². The number of carbonyl (C=O) groups is 1. The van der Waals surface area contributed by atoms with Gasteiger partial charge in [0.25, 0.3) is 0 Å². The Bertz CT molecular complexity index is 652. The van der Waals surface area contributed by atoms with E-state index in [-0.39, 0.29) is 12.3 Å². The molecule has 22 heavy (non-hydrogen) atoms. The summed E-state index contributed by atoms with van der Waals surface area (Å²) >= 11 is 0. The van der Waals surface area contributed by atoms with E-state index >= 15 is 0 Å². The highest BCUT2D eigenvalue weighted by Crippen LogP contribution is 2.41. The maximum Gasteiger partial charge on any atom is 0.0489 e. The molecule has 1 saturated carbocycles. The molecule has 3 nitrogen and oxygen atoms in total. The van der Waals surface area contributed by atoms with Crippen LogP contribution < -0.4 is 5.11 Å².